The van der Waals surface area contributed by atoms with Crippen LogP contribution in [0.4, 0.5) is 0 Å². The Morgan fingerprint density at radius 1 is 1.47 bits per heavy atom. The summed E-state index contributed by atoms with van der Waals surface area (Å²) < 4.78 is 5.24. The van der Waals surface area contributed by atoms with Gasteiger partial charge in [-0.3, -0.25) is 4.98 Å². The normalized spacial score (nSPS) is 12.4. The van der Waals surface area contributed by atoms with Gasteiger partial charge in [-0.2, -0.15) is 0 Å². The molecule has 0 aliphatic carbocycles. The van der Waals surface area contributed by atoms with Gasteiger partial charge < -0.3 is 9.84 Å². The van der Waals surface area contributed by atoms with Crippen LogP contribution < -0.4 is 4.74 Å². The number of hydrogen-bond acceptors (Lipinski definition) is 3. The highest BCUT2D eigenvalue weighted by atomic mass is 35.5. The second kappa shape index (κ2) is 4.59. The Morgan fingerprint density at radius 2 is 2.24 bits per heavy atom. The minimum Gasteiger partial charge on any atom is -0.479 e. The molecule has 0 aliphatic rings. The Labute approximate surface area is 103 Å². The summed E-state index contributed by atoms with van der Waals surface area (Å²) in [5.41, 5.74) is 0.674. The lowest BCUT2D eigenvalue weighted by molar-refractivity contribution is -0.144. The fraction of sp³-hybridized carbons (Fsp3) is 0.167. The zero-order valence-electron chi connectivity index (χ0n) is 9.05. The average molecular weight is 252 g/mol. The summed E-state index contributed by atoms with van der Waals surface area (Å²) >= 11 is 5.99. The highest BCUT2D eigenvalue weighted by molar-refractivity contribution is 6.35. The fourth-order valence-electron chi connectivity index (χ4n) is 1.42. The van der Waals surface area contributed by atoms with Gasteiger partial charge in [0.2, 0.25) is 0 Å². The molecule has 1 aromatic carbocycles. The maximum atomic E-state index is 10.7. The highest BCUT2D eigenvalue weighted by Crippen LogP contribution is 2.25. The van der Waals surface area contributed by atoms with Crippen molar-refractivity contribution in [1.82, 2.24) is 4.98 Å². The number of benzene rings is 1. The minimum atomic E-state index is -1.01. The van der Waals surface area contributed by atoms with E-state index in [0.717, 1.165) is 5.39 Å². The molecular weight excluding hydrogens is 242 g/mol. The number of nitrogens with zero attached hydrogens (tertiary/aromatic N) is 1. The number of carbonyl (C=O) groups is 1. The molecule has 0 radical (unpaired) electrons. The second-order valence-corrected chi connectivity index (χ2v) is 3.98. The molecule has 1 aromatic heterocycles. The summed E-state index contributed by atoms with van der Waals surface area (Å²) in [5, 5.41) is 10.2. The first-order valence-corrected chi connectivity index (χ1v) is 5.39. The molecule has 0 amide bonds. The van der Waals surface area contributed by atoms with Gasteiger partial charge in [-0.15, -0.1) is 0 Å². The van der Waals surface area contributed by atoms with Crippen LogP contribution in [0, 0.1) is 0 Å². The molecule has 2 aromatic rings. The molecule has 1 N–H and O–H groups in total. The molecular formula is C12H10ClNO3. The number of carboxylic acids is 1. The number of fused-ring (bicyclic) bond motifs is 1. The van der Waals surface area contributed by atoms with Gasteiger partial charge in [0.05, 0.1) is 10.5 Å². The highest BCUT2D eigenvalue weighted by Gasteiger charge is 2.12. The number of rotatable bonds is 3. The molecule has 1 atom stereocenters. The van der Waals surface area contributed by atoms with Crippen LogP contribution in [0.5, 0.6) is 5.75 Å². The van der Waals surface area contributed by atoms with E-state index in [2.05, 4.69) is 4.98 Å². The van der Waals surface area contributed by atoms with Gasteiger partial charge >= 0.3 is 5.97 Å². The van der Waals surface area contributed by atoms with Crippen molar-refractivity contribution >= 4 is 28.5 Å². The summed E-state index contributed by atoms with van der Waals surface area (Å²) in [5.74, 6) is -0.550. The van der Waals surface area contributed by atoms with Crippen molar-refractivity contribution in [2.75, 3.05) is 0 Å². The topological polar surface area (TPSA) is 59.4 Å². The van der Waals surface area contributed by atoms with Gasteiger partial charge in [0.25, 0.3) is 0 Å². The van der Waals surface area contributed by atoms with Crippen LogP contribution in [0.1, 0.15) is 6.92 Å². The lowest BCUT2D eigenvalue weighted by Crippen LogP contribution is -2.22. The first kappa shape index (κ1) is 11.7. The van der Waals surface area contributed by atoms with Gasteiger partial charge in [-0.1, -0.05) is 11.6 Å². The molecule has 0 saturated heterocycles. The lowest BCUT2D eigenvalue weighted by Gasteiger charge is -2.10. The maximum Gasteiger partial charge on any atom is 0.344 e. The summed E-state index contributed by atoms with van der Waals surface area (Å²) in [6.45, 7) is 1.47. The Morgan fingerprint density at radius 3 is 2.94 bits per heavy atom. The Hall–Kier alpha value is -1.81. The smallest absolute Gasteiger partial charge is 0.344 e. The van der Waals surface area contributed by atoms with Gasteiger partial charge in [-0.05, 0) is 25.1 Å². The Kier molecular flexibility index (Phi) is 3.15. The zero-order valence-corrected chi connectivity index (χ0v) is 9.81. The van der Waals surface area contributed by atoms with Crippen LogP contribution in [0.25, 0.3) is 10.9 Å². The largest absolute Gasteiger partial charge is 0.479 e. The van der Waals surface area contributed by atoms with E-state index in [1.54, 1.807) is 30.5 Å². The van der Waals surface area contributed by atoms with Crippen molar-refractivity contribution < 1.29 is 14.6 Å². The molecule has 0 saturated carbocycles. The zero-order chi connectivity index (χ0) is 12.4. The van der Waals surface area contributed by atoms with E-state index in [0.29, 0.717) is 16.3 Å². The van der Waals surface area contributed by atoms with Crippen LogP contribution in [0.2, 0.25) is 5.02 Å². The number of halogens is 1. The van der Waals surface area contributed by atoms with Crippen molar-refractivity contribution in [3.05, 3.63) is 35.5 Å². The monoisotopic (exact) mass is 251 g/mol. The van der Waals surface area contributed by atoms with Crippen molar-refractivity contribution in [2.24, 2.45) is 0 Å². The summed E-state index contributed by atoms with van der Waals surface area (Å²) in [7, 11) is 0. The quantitative estimate of drug-likeness (QED) is 0.911. The summed E-state index contributed by atoms with van der Waals surface area (Å²) in [6, 6.07) is 6.80. The van der Waals surface area contributed by atoms with Gasteiger partial charge in [0.1, 0.15) is 5.75 Å². The molecule has 0 aliphatic heterocycles. The van der Waals surface area contributed by atoms with E-state index in [-0.39, 0.29) is 0 Å². The maximum absolute atomic E-state index is 10.7. The number of aliphatic carboxylic acids is 1. The summed E-state index contributed by atoms with van der Waals surface area (Å²) in [4.78, 5) is 14.8. The molecule has 17 heavy (non-hydrogen) atoms. The standard InChI is InChI=1S/C12H10ClNO3/c1-7(12(15)16)17-8-2-3-9-10(13)4-5-14-11(9)6-8/h2-7H,1H3,(H,15,16). The molecule has 0 spiro atoms. The number of hydrogen-bond donors (Lipinski definition) is 1. The summed E-state index contributed by atoms with van der Waals surface area (Å²) in [6.07, 6.45) is 0.696. The number of pyridine rings is 1. The molecule has 0 fully saturated rings. The van der Waals surface area contributed by atoms with Crippen molar-refractivity contribution in [3.63, 3.8) is 0 Å². The molecule has 1 heterocycles. The first-order chi connectivity index (χ1) is 8.08. The number of ether oxygens (including phenoxy) is 1. The van der Waals surface area contributed by atoms with E-state index in [1.807, 2.05) is 0 Å². The van der Waals surface area contributed by atoms with E-state index >= 15 is 0 Å². The molecule has 5 heteroatoms. The third-order valence-corrected chi connectivity index (χ3v) is 2.65. The van der Waals surface area contributed by atoms with E-state index < -0.39 is 12.1 Å². The van der Waals surface area contributed by atoms with Crippen LogP contribution in [0.3, 0.4) is 0 Å². The Bertz CT molecular complexity index is 571. The number of carboxylic acid groups (broad SMARTS) is 1. The lowest BCUT2D eigenvalue weighted by atomic mass is 10.2. The van der Waals surface area contributed by atoms with Crippen molar-refractivity contribution in [1.29, 1.82) is 0 Å². The van der Waals surface area contributed by atoms with Crippen LogP contribution in [0.15, 0.2) is 30.5 Å². The molecule has 4 nitrogen and oxygen atoms in total. The predicted octanol–water partition coefficient (Wildman–Crippen LogP) is 2.74. The fourth-order valence-corrected chi connectivity index (χ4v) is 1.64. The second-order valence-electron chi connectivity index (χ2n) is 3.57. The van der Waals surface area contributed by atoms with Crippen LogP contribution >= 0.6 is 11.6 Å². The molecule has 1 unspecified atom stereocenters. The molecule has 0 bridgehead atoms. The van der Waals surface area contributed by atoms with Crippen LogP contribution in [-0.2, 0) is 4.79 Å². The Balaban J connectivity index is 2.35. The van der Waals surface area contributed by atoms with Gasteiger partial charge in [0, 0.05) is 17.6 Å². The SMILES string of the molecule is CC(Oc1ccc2c(Cl)ccnc2c1)C(=O)O. The number of aromatic nitrogens is 1. The van der Waals surface area contributed by atoms with E-state index in [9.17, 15) is 4.79 Å². The molecule has 88 valence electrons. The minimum absolute atomic E-state index is 0.460. The van der Waals surface area contributed by atoms with Crippen molar-refractivity contribution in [3.8, 4) is 5.75 Å². The van der Waals surface area contributed by atoms with Crippen molar-refractivity contribution in [2.45, 2.75) is 13.0 Å². The van der Waals surface area contributed by atoms with E-state index in [1.165, 1.54) is 6.92 Å². The van der Waals surface area contributed by atoms with E-state index in [4.69, 9.17) is 21.4 Å². The third kappa shape index (κ3) is 2.47. The average Bonchev–Trinajstić information content (AvgIpc) is 2.29. The van der Waals surface area contributed by atoms with Crippen LogP contribution in [-0.4, -0.2) is 22.2 Å². The predicted molar refractivity (Wildman–Crippen MR) is 64.5 cm³/mol. The third-order valence-electron chi connectivity index (χ3n) is 2.32. The first-order valence-electron chi connectivity index (χ1n) is 5.01. The molecule has 2 rings (SSSR count). The van der Waals surface area contributed by atoms with Gasteiger partial charge in [-0.25, -0.2) is 4.79 Å². The van der Waals surface area contributed by atoms with Gasteiger partial charge in [0.15, 0.2) is 6.10 Å².